The minimum absolute atomic E-state index is 0.195. The van der Waals surface area contributed by atoms with Gasteiger partial charge in [-0.15, -0.1) is 0 Å². The number of carbonyl (C=O) groups excluding carboxylic acids is 1. The zero-order chi connectivity index (χ0) is 14.5. The molecule has 0 bridgehead atoms. The third-order valence-electron chi connectivity index (χ3n) is 2.84. The second-order valence-electron chi connectivity index (χ2n) is 4.39. The minimum Gasteiger partial charge on any atom is -0.350 e. The van der Waals surface area contributed by atoms with Gasteiger partial charge in [-0.1, -0.05) is 57.9 Å². The van der Waals surface area contributed by atoms with Crippen molar-refractivity contribution >= 4 is 33.4 Å². The van der Waals surface area contributed by atoms with Gasteiger partial charge < -0.3 is 11.1 Å². The van der Waals surface area contributed by atoms with Crippen LogP contribution < -0.4 is 11.1 Å². The van der Waals surface area contributed by atoms with Gasteiger partial charge in [0.1, 0.15) is 0 Å². The van der Waals surface area contributed by atoms with E-state index in [0.29, 0.717) is 17.1 Å². The van der Waals surface area contributed by atoms with Crippen LogP contribution in [0, 0.1) is 0 Å². The van der Waals surface area contributed by atoms with Crippen LogP contribution >= 0.6 is 27.5 Å². The van der Waals surface area contributed by atoms with Gasteiger partial charge in [0.05, 0.1) is 0 Å². The molecule has 0 saturated heterocycles. The fourth-order valence-corrected chi connectivity index (χ4v) is 2.67. The highest BCUT2D eigenvalue weighted by Crippen LogP contribution is 2.19. The van der Waals surface area contributed by atoms with Crippen LogP contribution in [0.15, 0.2) is 53.0 Å². The highest BCUT2D eigenvalue weighted by Gasteiger charge is 2.10. The standard InChI is InChI=1S/C15H14BrClN2O/c16-12-6-11(7-13(17)8-12)15(20)19-9-14(18)10-4-2-1-3-5-10/h1-8,14H,9,18H2,(H,19,20). The van der Waals surface area contributed by atoms with Crippen molar-refractivity contribution in [3.63, 3.8) is 0 Å². The van der Waals surface area contributed by atoms with Crippen molar-refractivity contribution in [1.29, 1.82) is 0 Å². The Balaban J connectivity index is 1.98. The number of hydrogen-bond acceptors (Lipinski definition) is 2. The average molecular weight is 354 g/mol. The molecule has 0 fully saturated rings. The third-order valence-corrected chi connectivity index (χ3v) is 3.51. The Hall–Kier alpha value is -1.36. The Kier molecular flexibility index (Phi) is 5.17. The van der Waals surface area contributed by atoms with Gasteiger partial charge in [0.2, 0.25) is 0 Å². The number of amides is 1. The van der Waals surface area contributed by atoms with Crippen LogP contribution in [-0.2, 0) is 0 Å². The molecule has 0 spiro atoms. The van der Waals surface area contributed by atoms with Crippen molar-refractivity contribution in [2.45, 2.75) is 6.04 Å². The molecule has 20 heavy (non-hydrogen) atoms. The number of benzene rings is 2. The lowest BCUT2D eigenvalue weighted by Crippen LogP contribution is -2.31. The Morgan fingerprint density at radius 3 is 2.60 bits per heavy atom. The molecule has 2 rings (SSSR count). The van der Waals surface area contributed by atoms with Crippen molar-refractivity contribution in [3.05, 3.63) is 69.2 Å². The first-order valence-electron chi connectivity index (χ1n) is 6.11. The summed E-state index contributed by atoms with van der Waals surface area (Å²) < 4.78 is 0.766. The predicted octanol–water partition coefficient (Wildman–Crippen LogP) is 3.53. The first kappa shape index (κ1) is 15.0. The zero-order valence-corrected chi connectivity index (χ0v) is 13.0. The maximum atomic E-state index is 12.0. The molecule has 1 amide bonds. The molecule has 0 aliphatic rings. The molecule has 2 aromatic rings. The van der Waals surface area contributed by atoms with Gasteiger partial charge in [-0.2, -0.15) is 0 Å². The van der Waals surface area contributed by atoms with Gasteiger partial charge in [-0.05, 0) is 23.8 Å². The monoisotopic (exact) mass is 352 g/mol. The van der Waals surface area contributed by atoms with Crippen molar-refractivity contribution in [2.24, 2.45) is 5.73 Å². The summed E-state index contributed by atoms with van der Waals surface area (Å²) in [6, 6.07) is 14.5. The highest BCUT2D eigenvalue weighted by molar-refractivity contribution is 9.10. The molecular weight excluding hydrogens is 340 g/mol. The van der Waals surface area contributed by atoms with Crippen LogP contribution in [0.1, 0.15) is 22.0 Å². The molecule has 0 saturated carbocycles. The maximum absolute atomic E-state index is 12.0. The fraction of sp³-hybridized carbons (Fsp3) is 0.133. The summed E-state index contributed by atoms with van der Waals surface area (Å²) in [5, 5.41) is 3.32. The van der Waals surface area contributed by atoms with E-state index < -0.39 is 0 Å². The van der Waals surface area contributed by atoms with Crippen molar-refractivity contribution in [1.82, 2.24) is 5.32 Å². The SMILES string of the molecule is NC(CNC(=O)c1cc(Cl)cc(Br)c1)c1ccccc1. The summed E-state index contributed by atoms with van der Waals surface area (Å²) >= 11 is 9.23. The number of nitrogens with two attached hydrogens (primary N) is 1. The van der Waals surface area contributed by atoms with Crippen molar-refractivity contribution in [2.75, 3.05) is 6.54 Å². The molecule has 0 radical (unpaired) electrons. The maximum Gasteiger partial charge on any atom is 0.251 e. The van der Waals surface area contributed by atoms with E-state index in [0.717, 1.165) is 10.0 Å². The van der Waals surface area contributed by atoms with E-state index in [1.165, 1.54) is 0 Å². The summed E-state index contributed by atoms with van der Waals surface area (Å²) in [5.74, 6) is -0.195. The van der Waals surface area contributed by atoms with Crippen LogP contribution in [0.3, 0.4) is 0 Å². The van der Waals surface area contributed by atoms with E-state index in [-0.39, 0.29) is 11.9 Å². The van der Waals surface area contributed by atoms with Crippen LogP contribution in [-0.4, -0.2) is 12.5 Å². The molecule has 0 aliphatic carbocycles. The summed E-state index contributed by atoms with van der Waals surface area (Å²) in [5.41, 5.74) is 7.52. The minimum atomic E-state index is -0.234. The Labute approximate surface area is 131 Å². The summed E-state index contributed by atoms with van der Waals surface area (Å²) in [6.07, 6.45) is 0. The Morgan fingerprint density at radius 1 is 1.25 bits per heavy atom. The second-order valence-corrected chi connectivity index (χ2v) is 5.74. The van der Waals surface area contributed by atoms with Crippen molar-refractivity contribution < 1.29 is 4.79 Å². The quantitative estimate of drug-likeness (QED) is 0.883. The van der Waals surface area contributed by atoms with Crippen LogP contribution in [0.4, 0.5) is 0 Å². The lowest BCUT2D eigenvalue weighted by molar-refractivity contribution is 0.0951. The first-order chi connectivity index (χ1) is 9.56. The molecule has 2 aromatic carbocycles. The number of carbonyl (C=O) groups is 1. The average Bonchev–Trinajstić information content (AvgIpc) is 2.44. The lowest BCUT2D eigenvalue weighted by atomic mass is 10.1. The summed E-state index contributed by atoms with van der Waals surface area (Å²) in [4.78, 5) is 12.0. The number of hydrogen-bond donors (Lipinski definition) is 2. The molecule has 104 valence electrons. The largest absolute Gasteiger partial charge is 0.350 e. The van der Waals surface area contributed by atoms with E-state index in [2.05, 4.69) is 21.2 Å². The molecule has 1 unspecified atom stereocenters. The first-order valence-corrected chi connectivity index (χ1v) is 7.28. The molecule has 3 nitrogen and oxygen atoms in total. The molecule has 5 heteroatoms. The number of rotatable bonds is 4. The molecule has 3 N–H and O–H groups in total. The highest BCUT2D eigenvalue weighted by atomic mass is 79.9. The number of halogens is 2. The molecule has 1 atom stereocenters. The smallest absolute Gasteiger partial charge is 0.251 e. The zero-order valence-electron chi connectivity index (χ0n) is 10.6. The predicted molar refractivity (Wildman–Crippen MR) is 84.9 cm³/mol. The second kappa shape index (κ2) is 6.88. The Bertz CT molecular complexity index is 584. The van der Waals surface area contributed by atoms with E-state index in [9.17, 15) is 4.79 Å². The van der Waals surface area contributed by atoms with Crippen LogP contribution in [0.2, 0.25) is 5.02 Å². The van der Waals surface area contributed by atoms with E-state index in [4.69, 9.17) is 17.3 Å². The topological polar surface area (TPSA) is 55.1 Å². The fourth-order valence-electron chi connectivity index (χ4n) is 1.81. The van der Waals surface area contributed by atoms with Gasteiger partial charge in [-0.25, -0.2) is 0 Å². The van der Waals surface area contributed by atoms with Gasteiger partial charge in [0.15, 0.2) is 0 Å². The van der Waals surface area contributed by atoms with Gasteiger partial charge in [-0.3, -0.25) is 4.79 Å². The molecular formula is C15H14BrClN2O. The summed E-state index contributed by atoms with van der Waals surface area (Å²) in [6.45, 7) is 0.368. The number of nitrogens with one attached hydrogen (secondary N) is 1. The van der Waals surface area contributed by atoms with Gasteiger partial charge in [0, 0.05) is 27.6 Å². The van der Waals surface area contributed by atoms with E-state index in [1.807, 2.05) is 30.3 Å². The van der Waals surface area contributed by atoms with Gasteiger partial charge in [0.25, 0.3) is 5.91 Å². The summed E-state index contributed by atoms with van der Waals surface area (Å²) in [7, 11) is 0. The molecule has 0 heterocycles. The van der Waals surface area contributed by atoms with Crippen LogP contribution in [0.5, 0.6) is 0 Å². The molecule has 0 aliphatic heterocycles. The van der Waals surface area contributed by atoms with E-state index in [1.54, 1.807) is 18.2 Å². The normalized spacial score (nSPS) is 11.9. The Morgan fingerprint density at radius 2 is 1.95 bits per heavy atom. The van der Waals surface area contributed by atoms with E-state index >= 15 is 0 Å². The van der Waals surface area contributed by atoms with Crippen molar-refractivity contribution in [3.8, 4) is 0 Å². The van der Waals surface area contributed by atoms with Gasteiger partial charge >= 0.3 is 0 Å². The lowest BCUT2D eigenvalue weighted by Gasteiger charge is -2.13. The third kappa shape index (κ3) is 4.07. The van der Waals surface area contributed by atoms with Crippen LogP contribution in [0.25, 0.3) is 0 Å². The molecule has 0 aromatic heterocycles.